The number of ether oxygens (including phenoxy) is 2. The van der Waals surface area contributed by atoms with Crippen molar-refractivity contribution < 1.29 is 24.2 Å². The van der Waals surface area contributed by atoms with Crippen LogP contribution in [0.5, 0.6) is 11.5 Å². The van der Waals surface area contributed by atoms with Crippen molar-refractivity contribution in [1.82, 2.24) is 5.32 Å². The van der Waals surface area contributed by atoms with Crippen LogP contribution >= 0.6 is 11.6 Å². The van der Waals surface area contributed by atoms with Crippen molar-refractivity contribution in [3.05, 3.63) is 99.6 Å². The highest BCUT2D eigenvalue weighted by Crippen LogP contribution is 2.37. The molecule has 0 unspecified atom stereocenters. The average molecular weight is 505 g/mol. The Bertz CT molecular complexity index is 1280. The zero-order valence-electron chi connectivity index (χ0n) is 19.7. The molecule has 0 saturated heterocycles. The number of carboxylic acids is 1. The maximum Gasteiger partial charge on any atom is 0.335 e. The number of carbonyl (C=O) groups excluding carboxylic acids is 1. The first-order chi connectivity index (χ1) is 17.4. The van der Waals surface area contributed by atoms with Crippen molar-refractivity contribution in [3.63, 3.8) is 0 Å². The third-order valence-corrected chi connectivity index (χ3v) is 5.56. The number of halogens is 1. The van der Waals surface area contributed by atoms with Crippen LogP contribution in [0.25, 0.3) is 6.08 Å². The zero-order chi connectivity index (χ0) is 25.9. The summed E-state index contributed by atoms with van der Waals surface area (Å²) in [6.07, 6.45) is 3.01. The molecule has 0 saturated carbocycles. The molecule has 2 N–H and O–H groups in total. The van der Waals surface area contributed by atoms with Gasteiger partial charge in [-0.3, -0.25) is 4.79 Å². The van der Waals surface area contributed by atoms with Crippen molar-refractivity contribution in [2.24, 2.45) is 0 Å². The van der Waals surface area contributed by atoms with Crippen LogP contribution in [0, 0.1) is 11.3 Å². The summed E-state index contributed by atoms with van der Waals surface area (Å²) in [5.41, 5.74) is 2.56. The van der Waals surface area contributed by atoms with E-state index in [0.29, 0.717) is 23.6 Å². The Morgan fingerprint density at radius 1 is 1.08 bits per heavy atom. The second-order valence-corrected chi connectivity index (χ2v) is 8.25. The summed E-state index contributed by atoms with van der Waals surface area (Å²) < 4.78 is 11.2. The third-order valence-electron chi connectivity index (χ3n) is 5.28. The number of nitriles is 1. The van der Waals surface area contributed by atoms with E-state index >= 15 is 0 Å². The molecule has 0 aliphatic carbocycles. The molecule has 0 aromatic heterocycles. The number of benzene rings is 3. The van der Waals surface area contributed by atoms with Gasteiger partial charge < -0.3 is 19.9 Å². The van der Waals surface area contributed by atoms with Gasteiger partial charge >= 0.3 is 5.97 Å². The molecule has 0 heterocycles. The summed E-state index contributed by atoms with van der Waals surface area (Å²) >= 11 is 6.42. The largest absolute Gasteiger partial charge is 0.493 e. The standard InChI is InChI=1S/C28H25ClN2O5/c1-35-25-16-21(14-23(17-30)27(32)31-13-5-8-19-6-3-2-4-7-19)15-24(29)26(25)36-18-20-9-11-22(12-10-20)28(33)34/h2-4,6-7,9-12,14-16H,5,8,13,18H2,1H3,(H,31,32)(H,33,34)/b23-14-. The van der Waals surface area contributed by atoms with Gasteiger partial charge in [-0.25, -0.2) is 4.79 Å². The molecule has 3 rings (SSSR count). The van der Waals surface area contributed by atoms with Gasteiger partial charge in [0, 0.05) is 6.54 Å². The molecule has 3 aromatic rings. The van der Waals surface area contributed by atoms with Gasteiger partial charge in [-0.1, -0.05) is 54.1 Å². The minimum absolute atomic E-state index is 0.0555. The van der Waals surface area contributed by atoms with Gasteiger partial charge in [-0.15, -0.1) is 0 Å². The number of hydrogen-bond donors (Lipinski definition) is 2. The molecule has 3 aromatic carbocycles. The van der Waals surface area contributed by atoms with Crippen molar-refractivity contribution in [2.45, 2.75) is 19.4 Å². The van der Waals surface area contributed by atoms with E-state index in [1.165, 1.54) is 30.9 Å². The monoisotopic (exact) mass is 504 g/mol. The molecule has 184 valence electrons. The summed E-state index contributed by atoms with van der Waals surface area (Å²) in [5.74, 6) is -0.849. The number of nitrogens with zero attached hydrogens (tertiary/aromatic N) is 1. The van der Waals surface area contributed by atoms with Gasteiger partial charge in [0.1, 0.15) is 18.2 Å². The first-order valence-electron chi connectivity index (χ1n) is 11.2. The molecule has 36 heavy (non-hydrogen) atoms. The summed E-state index contributed by atoms with van der Waals surface area (Å²) in [6.45, 7) is 0.580. The molecule has 0 fully saturated rings. The van der Waals surface area contributed by atoms with Crippen LogP contribution in [0.2, 0.25) is 5.02 Å². The van der Waals surface area contributed by atoms with Crippen LogP contribution in [0.1, 0.15) is 33.5 Å². The predicted octanol–water partition coefficient (Wildman–Crippen LogP) is 5.28. The number of carboxylic acid groups (broad SMARTS) is 1. The lowest BCUT2D eigenvalue weighted by Gasteiger charge is -2.14. The lowest BCUT2D eigenvalue weighted by Crippen LogP contribution is -2.25. The number of carbonyl (C=O) groups is 2. The molecular formula is C28H25ClN2O5. The normalized spacial score (nSPS) is 10.9. The highest BCUT2D eigenvalue weighted by molar-refractivity contribution is 6.32. The highest BCUT2D eigenvalue weighted by Gasteiger charge is 2.14. The fourth-order valence-electron chi connectivity index (χ4n) is 3.41. The number of hydrogen-bond acceptors (Lipinski definition) is 5. The molecule has 0 spiro atoms. The first-order valence-corrected chi connectivity index (χ1v) is 11.6. The SMILES string of the molecule is COc1cc(/C=C(/C#N)C(=O)NCCCc2ccccc2)cc(Cl)c1OCc1ccc(C(=O)O)cc1. The average Bonchev–Trinajstić information content (AvgIpc) is 2.89. The van der Waals surface area contributed by atoms with Gasteiger partial charge in [0.2, 0.25) is 0 Å². The molecular weight excluding hydrogens is 480 g/mol. The fourth-order valence-corrected chi connectivity index (χ4v) is 3.69. The van der Waals surface area contributed by atoms with Gasteiger partial charge in [0.15, 0.2) is 11.5 Å². The maximum atomic E-state index is 12.5. The molecule has 0 bridgehead atoms. The van der Waals surface area contributed by atoms with Gasteiger partial charge in [0.25, 0.3) is 5.91 Å². The van der Waals surface area contributed by atoms with Gasteiger partial charge in [-0.2, -0.15) is 5.26 Å². The van der Waals surface area contributed by atoms with Crippen molar-refractivity contribution in [3.8, 4) is 17.6 Å². The highest BCUT2D eigenvalue weighted by atomic mass is 35.5. The Labute approximate surface area is 214 Å². The van der Waals surface area contributed by atoms with E-state index in [0.717, 1.165) is 18.4 Å². The molecule has 1 amide bonds. The Morgan fingerprint density at radius 2 is 1.81 bits per heavy atom. The topological polar surface area (TPSA) is 109 Å². The second-order valence-electron chi connectivity index (χ2n) is 7.84. The number of methoxy groups -OCH3 is 1. The van der Waals surface area contributed by atoms with E-state index in [1.807, 2.05) is 36.4 Å². The summed E-state index contributed by atoms with van der Waals surface area (Å²) in [6, 6.07) is 21.4. The van der Waals surface area contributed by atoms with Crippen molar-refractivity contribution >= 4 is 29.6 Å². The van der Waals surface area contributed by atoms with Crippen molar-refractivity contribution in [1.29, 1.82) is 5.26 Å². The Kier molecular flexibility index (Phi) is 9.49. The van der Waals surface area contributed by atoms with E-state index in [-0.39, 0.29) is 22.8 Å². The van der Waals surface area contributed by atoms with Crippen LogP contribution in [0.4, 0.5) is 0 Å². The van der Waals surface area contributed by atoms with E-state index in [1.54, 1.807) is 24.3 Å². The second kappa shape index (κ2) is 13.0. The minimum Gasteiger partial charge on any atom is -0.493 e. The van der Waals surface area contributed by atoms with Crippen LogP contribution in [0.15, 0.2) is 72.3 Å². The molecule has 0 radical (unpaired) electrons. The van der Waals surface area contributed by atoms with E-state index in [9.17, 15) is 14.9 Å². The van der Waals surface area contributed by atoms with Gasteiger partial charge in [0.05, 0.1) is 17.7 Å². The third kappa shape index (κ3) is 7.36. The Hall–Kier alpha value is -4.28. The lowest BCUT2D eigenvalue weighted by atomic mass is 10.1. The Morgan fingerprint density at radius 3 is 2.44 bits per heavy atom. The molecule has 8 heteroatoms. The smallest absolute Gasteiger partial charge is 0.335 e. The van der Waals surface area contributed by atoms with Crippen molar-refractivity contribution in [2.75, 3.05) is 13.7 Å². The summed E-state index contributed by atoms with van der Waals surface area (Å²) in [4.78, 5) is 23.5. The number of rotatable bonds is 11. The lowest BCUT2D eigenvalue weighted by molar-refractivity contribution is -0.117. The Balaban J connectivity index is 1.65. The summed E-state index contributed by atoms with van der Waals surface area (Å²) in [5, 5.41) is 21.5. The number of aromatic carboxylic acids is 1. The number of nitrogens with one attached hydrogen (secondary N) is 1. The quantitative estimate of drug-likeness (QED) is 0.209. The minimum atomic E-state index is -1.01. The van der Waals surface area contributed by atoms with Gasteiger partial charge in [-0.05, 0) is 59.9 Å². The number of amides is 1. The molecule has 7 nitrogen and oxygen atoms in total. The predicted molar refractivity (Wildman–Crippen MR) is 137 cm³/mol. The van der Waals surface area contributed by atoms with E-state index < -0.39 is 11.9 Å². The molecule has 0 atom stereocenters. The summed E-state index contributed by atoms with van der Waals surface area (Å²) in [7, 11) is 1.46. The van der Waals surface area contributed by atoms with E-state index in [4.69, 9.17) is 26.2 Å². The zero-order valence-corrected chi connectivity index (χ0v) is 20.4. The fraction of sp³-hybridized carbons (Fsp3) is 0.179. The van der Waals surface area contributed by atoms with Crippen LogP contribution in [-0.4, -0.2) is 30.6 Å². The molecule has 0 aliphatic rings. The maximum absolute atomic E-state index is 12.5. The van der Waals surface area contributed by atoms with E-state index in [2.05, 4.69) is 5.32 Å². The van der Waals surface area contributed by atoms with Crippen LogP contribution in [-0.2, 0) is 17.8 Å². The van der Waals surface area contributed by atoms with Crippen LogP contribution in [0.3, 0.4) is 0 Å². The molecule has 0 aliphatic heterocycles. The van der Waals surface area contributed by atoms with Crippen LogP contribution < -0.4 is 14.8 Å². The number of aryl methyl sites for hydroxylation is 1. The first kappa shape index (κ1) is 26.3.